The average molecular weight is 403 g/mol. The van der Waals surface area contributed by atoms with Crippen molar-refractivity contribution in [2.24, 2.45) is 0 Å². The second-order valence-electron chi connectivity index (χ2n) is 8.13. The van der Waals surface area contributed by atoms with Gasteiger partial charge < -0.3 is 9.88 Å². The van der Waals surface area contributed by atoms with Crippen LogP contribution >= 0.6 is 0 Å². The molecule has 0 bridgehead atoms. The van der Waals surface area contributed by atoms with Crippen molar-refractivity contribution in [2.75, 3.05) is 5.32 Å². The van der Waals surface area contributed by atoms with Crippen LogP contribution in [0.5, 0.6) is 0 Å². The lowest BCUT2D eigenvalue weighted by molar-refractivity contribution is -0.116. The monoisotopic (exact) mass is 403 g/mol. The van der Waals surface area contributed by atoms with E-state index in [9.17, 15) is 4.79 Å². The van der Waals surface area contributed by atoms with Crippen molar-refractivity contribution in [3.05, 3.63) is 60.3 Å². The summed E-state index contributed by atoms with van der Waals surface area (Å²) in [4.78, 5) is 26.2. The van der Waals surface area contributed by atoms with Crippen LogP contribution < -0.4 is 5.32 Å². The summed E-state index contributed by atoms with van der Waals surface area (Å²) in [6, 6.07) is 11.5. The number of benzene rings is 1. The fourth-order valence-corrected chi connectivity index (χ4v) is 3.29. The van der Waals surface area contributed by atoms with Gasteiger partial charge in [0.25, 0.3) is 5.95 Å². The Labute approximate surface area is 175 Å². The molecule has 0 aliphatic carbocycles. The molecule has 3 heterocycles. The van der Waals surface area contributed by atoms with Gasteiger partial charge in [0.15, 0.2) is 0 Å². The summed E-state index contributed by atoms with van der Waals surface area (Å²) < 4.78 is 3.53. The van der Waals surface area contributed by atoms with E-state index in [-0.39, 0.29) is 17.9 Å². The van der Waals surface area contributed by atoms with Gasteiger partial charge in [-0.1, -0.05) is 39.8 Å². The third-order valence-corrected chi connectivity index (χ3v) is 4.84. The Bertz CT molecular complexity index is 1190. The molecule has 0 aliphatic heterocycles. The van der Waals surface area contributed by atoms with Crippen molar-refractivity contribution in [1.29, 1.82) is 0 Å². The van der Waals surface area contributed by atoms with Gasteiger partial charge in [0.1, 0.15) is 18.2 Å². The van der Waals surface area contributed by atoms with Crippen LogP contribution in [0.4, 0.5) is 5.82 Å². The van der Waals surface area contributed by atoms with Crippen molar-refractivity contribution in [2.45, 2.75) is 46.1 Å². The molecule has 0 spiro atoms. The maximum atomic E-state index is 13.0. The molecule has 0 fully saturated rings. The summed E-state index contributed by atoms with van der Waals surface area (Å²) >= 11 is 0. The minimum Gasteiger partial charge on any atom is -0.318 e. The van der Waals surface area contributed by atoms with Gasteiger partial charge in [-0.3, -0.25) is 4.79 Å². The first-order chi connectivity index (χ1) is 14.4. The van der Waals surface area contributed by atoms with Gasteiger partial charge in [-0.05, 0) is 18.2 Å². The van der Waals surface area contributed by atoms with Gasteiger partial charge in [0.2, 0.25) is 5.91 Å². The number of carbonyl (C=O) groups excluding carboxylic acids is 1. The van der Waals surface area contributed by atoms with Crippen LogP contribution in [0.3, 0.4) is 0 Å². The van der Waals surface area contributed by atoms with Gasteiger partial charge in [-0.15, -0.1) is 0 Å². The molecule has 4 rings (SSSR count). The van der Waals surface area contributed by atoms with Crippen molar-refractivity contribution in [1.82, 2.24) is 29.3 Å². The molecule has 0 unspecified atom stereocenters. The van der Waals surface area contributed by atoms with Crippen LogP contribution in [0, 0.1) is 0 Å². The third kappa shape index (κ3) is 3.80. The zero-order valence-electron chi connectivity index (χ0n) is 17.6. The highest BCUT2D eigenvalue weighted by atomic mass is 16.2. The number of nitrogens with one attached hydrogen (secondary N) is 1. The largest absolute Gasteiger partial charge is 0.318 e. The quantitative estimate of drug-likeness (QED) is 0.551. The van der Waals surface area contributed by atoms with Gasteiger partial charge in [0.05, 0.1) is 16.7 Å². The van der Waals surface area contributed by atoms with Crippen LogP contribution in [-0.2, 0) is 23.2 Å². The summed E-state index contributed by atoms with van der Waals surface area (Å²) in [5.41, 5.74) is 2.49. The van der Waals surface area contributed by atoms with Gasteiger partial charge in [0, 0.05) is 30.3 Å². The molecular formula is C22H25N7O. The van der Waals surface area contributed by atoms with E-state index in [0.717, 1.165) is 29.0 Å². The Kier molecular flexibility index (Phi) is 5.07. The van der Waals surface area contributed by atoms with Crippen LogP contribution in [-0.4, -0.2) is 35.2 Å². The lowest BCUT2D eigenvalue weighted by Gasteiger charge is -2.13. The summed E-state index contributed by atoms with van der Waals surface area (Å²) in [5, 5.41) is 7.63. The highest BCUT2D eigenvalue weighted by molar-refractivity contribution is 5.91. The number of hydrogen-bond donors (Lipinski definition) is 1. The zero-order chi connectivity index (χ0) is 21.3. The Morgan fingerprint density at radius 2 is 1.83 bits per heavy atom. The number of aryl methyl sites for hydroxylation is 1. The van der Waals surface area contributed by atoms with Crippen LogP contribution in [0.1, 0.15) is 39.2 Å². The molecular weight excluding hydrogens is 378 g/mol. The Hall–Kier alpha value is -3.55. The number of amides is 1. The summed E-state index contributed by atoms with van der Waals surface area (Å²) in [6.45, 7) is 8.41. The Balaban J connectivity index is 1.66. The smallest absolute Gasteiger partial charge is 0.252 e. The first-order valence-electron chi connectivity index (χ1n) is 9.98. The normalized spacial score (nSPS) is 11.7. The molecule has 1 amide bonds. The molecule has 3 aromatic heterocycles. The van der Waals surface area contributed by atoms with E-state index in [2.05, 4.69) is 46.1 Å². The predicted molar refractivity (Wildman–Crippen MR) is 116 cm³/mol. The minimum atomic E-state index is -0.185. The van der Waals surface area contributed by atoms with Crippen LogP contribution in [0.25, 0.3) is 17.0 Å². The number of aromatic nitrogens is 6. The van der Waals surface area contributed by atoms with E-state index in [1.807, 2.05) is 41.8 Å². The van der Waals surface area contributed by atoms with Crippen LogP contribution in [0.15, 0.2) is 48.8 Å². The molecule has 0 saturated heterocycles. The van der Waals surface area contributed by atoms with Gasteiger partial charge in [-0.25, -0.2) is 15.0 Å². The second-order valence-corrected chi connectivity index (χ2v) is 8.13. The molecule has 8 heteroatoms. The molecule has 8 nitrogen and oxygen atoms in total. The number of anilines is 1. The summed E-state index contributed by atoms with van der Waals surface area (Å²) in [6.07, 6.45) is 4.04. The van der Waals surface area contributed by atoms with E-state index >= 15 is 0 Å². The number of imidazole rings is 1. The maximum absolute atomic E-state index is 13.0. The SMILES string of the molecule is CCc1nc2ccccc2n1CC(=O)Nc1cc(C(C)(C)C)nn1-c1ncccn1. The minimum absolute atomic E-state index is 0.162. The summed E-state index contributed by atoms with van der Waals surface area (Å²) in [7, 11) is 0. The lowest BCUT2D eigenvalue weighted by Crippen LogP contribution is -2.22. The fraction of sp³-hybridized carbons (Fsp3) is 0.318. The number of rotatable bonds is 5. The van der Waals surface area contributed by atoms with Gasteiger partial charge >= 0.3 is 0 Å². The maximum Gasteiger partial charge on any atom is 0.252 e. The van der Waals surface area contributed by atoms with Crippen molar-refractivity contribution in [3.63, 3.8) is 0 Å². The molecule has 154 valence electrons. The standard InChI is InChI=1S/C22H25N7O/c1-5-18-25-15-9-6-7-10-16(15)28(18)14-20(30)26-19-13-17(22(2,3)4)27-29(19)21-23-11-8-12-24-21/h6-13H,5,14H2,1-4H3,(H,26,30). The number of fused-ring (bicyclic) bond motifs is 1. The number of nitrogens with zero attached hydrogens (tertiary/aromatic N) is 6. The lowest BCUT2D eigenvalue weighted by atomic mass is 9.92. The average Bonchev–Trinajstić information content (AvgIpc) is 3.30. The molecule has 0 atom stereocenters. The third-order valence-electron chi connectivity index (χ3n) is 4.84. The molecule has 0 radical (unpaired) electrons. The summed E-state index contributed by atoms with van der Waals surface area (Å²) in [5.74, 6) is 1.66. The van der Waals surface area contributed by atoms with E-state index in [1.165, 1.54) is 0 Å². The molecule has 30 heavy (non-hydrogen) atoms. The number of hydrogen-bond acceptors (Lipinski definition) is 5. The Morgan fingerprint density at radius 3 is 2.53 bits per heavy atom. The molecule has 1 N–H and O–H groups in total. The first kappa shape index (κ1) is 19.8. The van der Waals surface area contributed by atoms with Gasteiger partial charge in [-0.2, -0.15) is 9.78 Å². The van der Waals surface area contributed by atoms with Crippen molar-refractivity contribution >= 4 is 22.8 Å². The van der Waals surface area contributed by atoms with Crippen molar-refractivity contribution in [3.8, 4) is 5.95 Å². The highest BCUT2D eigenvalue weighted by Gasteiger charge is 2.23. The molecule has 1 aromatic carbocycles. The van der Waals surface area contributed by atoms with Crippen molar-refractivity contribution < 1.29 is 4.79 Å². The first-order valence-corrected chi connectivity index (χ1v) is 9.98. The highest BCUT2D eigenvalue weighted by Crippen LogP contribution is 2.25. The number of para-hydroxylation sites is 2. The fourth-order valence-electron chi connectivity index (χ4n) is 3.29. The predicted octanol–water partition coefficient (Wildman–Crippen LogP) is 3.51. The van der Waals surface area contributed by atoms with E-state index in [0.29, 0.717) is 11.8 Å². The Morgan fingerprint density at radius 1 is 1.10 bits per heavy atom. The molecule has 0 saturated carbocycles. The van der Waals surface area contributed by atoms with E-state index in [1.54, 1.807) is 23.1 Å². The van der Waals surface area contributed by atoms with Crippen LogP contribution in [0.2, 0.25) is 0 Å². The number of carbonyl (C=O) groups is 1. The molecule has 0 aliphatic rings. The molecule has 4 aromatic rings. The topological polar surface area (TPSA) is 90.5 Å². The zero-order valence-corrected chi connectivity index (χ0v) is 17.6. The van der Waals surface area contributed by atoms with E-state index in [4.69, 9.17) is 0 Å². The second kappa shape index (κ2) is 7.70. The van der Waals surface area contributed by atoms with E-state index < -0.39 is 0 Å².